The molecule has 0 aliphatic heterocycles. The lowest BCUT2D eigenvalue weighted by molar-refractivity contribution is -0.122. The monoisotopic (exact) mass is 300 g/mol. The molecule has 0 radical (unpaired) electrons. The molecule has 112 valence electrons. The molecular weight excluding hydrogens is 287 g/mol. The lowest BCUT2D eigenvalue weighted by Crippen LogP contribution is -1.91. The Labute approximate surface area is 125 Å². The van der Waals surface area contributed by atoms with E-state index >= 15 is 0 Å². The van der Waals surface area contributed by atoms with Crippen LogP contribution in [0.25, 0.3) is 22.2 Å². The molecule has 3 aromatic rings. The highest BCUT2D eigenvalue weighted by molar-refractivity contribution is 5.92. The van der Waals surface area contributed by atoms with E-state index in [2.05, 4.69) is 9.97 Å². The Morgan fingerprint density at radius 2 is 1.95 bits per heavy atom. The number of carbonyl (C=O) groups is 1. The van der Waals surface area contributed by atoms with Crippen LogP contribution in [0.1, 0.15) is 5.69 Å². The van der Waals surface area contributed by atoms with E-state index in [-0.39, 0.29) is 18.0 Å². The molecule has 2 heterocycles. The Balaban J connectivity index is 0.000000545. The molecule has 0 amide bonds. The Morgan fingerprint density at radius 3 is 2.64 bits per heavy atom. The summed E-state index contributed by atoms with van der Waals surface area (Å²) in [6.45, 7) is 1.45. The van der Waals surface area contributed by atoms with Gasteiger partial charge in [0.2, 0.25) is 0 Å². The summed E-state index contributed by atoms with van der Waals surface area (Å²) in [6.07, 6.45) is 1.66. The van der Waals surface area contributed by atoms with Crippen LogP contribution in [0, 0.1) is 12.7 Å². The Hall–Kier alpha value is -3.02. The zero-order chi connectivity index (χ0) is 16.1. The number of rotatable bonds is 1. The van der Waals surface area contributed by atoms with E-state index < -0.39 is 0 Å². The third-order valence-electron chi connectivity index (χ3n) is 3.00. The molecule has 0 aliphatic carbocycles. The van der Waals surface area contributed by atoms with Gasteiger partial charge >= 0.3 is 0 Å². The molecule has 2 N–H and O–H groups in total. The standard InChI is InChI=1S/C15H11FN2O.CH2O2/c1-9-14(19)5-4-13(18-9)12-8-11(16)7-10-3-2-6-17-15(10)12;2-1-3/h2-8,19H,1H3;1H,(H,2,3). The first-order valence-corrected chi connectivity index (χ1v) is 6.36. The van der Waals surface area contributed by atoms with E-state index in [9.17, 15) is 9.50 Å². The van der Waals surface area contributed by atoms with Gasteiger partial charge in [0.25, 0.3) is 6.47 Å². The number of halogens is 1. The minimum Gasteiger partial charge on any atom is -0.506 e. The maximum atomic E-state index is 13.7. The van der Waals surface area contributed by atoms with Crippen LogP contribution >= 0.6 is 0 Å². The predicted molar refractivity (Wildman–Crippen MR) is 80.0 cm³/mol. The van der Waals surface area contributed by atoms with Crippen LogP contribution in [0.4, 0.5) is 4.39 Å². The summed E-state index contributed by atoms with van der Waals surface area (Å²) in [4.78, 5) is 16.9. The Bertz CT molecular complexity index is 822. The number of benzene rings is 1. The summed E-state index contributed by atoms with van der Waals surface area (Å²) in [5, 5.41) is 17.1. The highest BCUT2D eigenvalue weighted by atomic mass is 19.1. The summed E-state index contributed by atoms with van der Waals surface area (Å²) in [5.74, 6) is -0.208. The van der Waals surface area contributed by atoms with E-state index in [4.69, 9.17) is 9.90 Å². The van der Waals surface area contributed by atoms with Crippen LogP contribution in [0.5, 0.6) is 5.75 Å². The van der Waals surface area contributed by atoms with Crippen molar-refractivity contribution in [3.8, 4) is 17.0 Å². The van der Waals surface area contributed by atoms with Gasteiger partial charge in [0.15, 0.2) is 0 Å². The Kier molecular flexibility index (Phi) is 4.63. The largest absolute Gasteiger partial charge is 0.506 e. The van der Waals surface area contributed by atoms with Gasteiger partial charge in [0.1, 0.15) is 11.6 Å². The molecule has 1 aromatic carbocycles. The zero-order valence-corrected chi connectivity index (χ0v) is 11.7. The maximum Gasteiger partial charge on any atom is 0.290 e. The number of carboxylic acid groups (broad SMARTS) is 1. The van der Waals surface area contributed by atoms with Crippen LogP contribution in [-0.2, 0) is 4.79 Å². The van der Waals surface area contributed by atoms with E-state index in [0.717, 1.165) is 5.39 Å². The third kappa shape index (κ3) is 3.17. The van der Waals surface area contributed by atoms with E-state index in [1.54, 1.807) is 31.3 Å². The molecule has 2 aromatic heterocycles. The lowest BCUT2D eigenvalue weighted by atomic mass is 10.1. The average molecular weight is 300 g/mol. The van der Waals surface area contributed by atoms with Gasteiger partial charge in [-0.2, -0.15) is 0 Å². The van der Waals surface area contributed by atoms with Crippen LogP contribution in [0.15, 0.2) is 42.6 Å². The van der Waals surface area contributed by atoms with E-state index in [1.165, 1.54) is 12.1 Å². The number of aryl methyl sites for hydroxylation is 1. The fraction of sp³-hybridized carbons (Fsp3) is 0.0625. The topological polar surface area (TPSA) is 83.3 Å². The summed E-state index contributed by atoms with van der Waals surface area (Å²) in [5.41, 5.74) is 2.42. The van der Waals surface area contributed by atoms with Crippen molar-refractivity contribution in [2.24, 2.45) is 0 Å². The molecule has 3 rings (SSSR count). The third-order valence-corrected chi connectivity index (χ3v) is 3.00. The molecule has 0 fully saturated rings. The van der Waals surface area contributed by atoms with Crippen molar-refractivity contribution in [1.82, 2.24) is 9.97 Å². The number of pyridine rings is 2. The molecule has 0 aliphatic rings. The zero-order valence-electron chi connectivity index (χ0n) is 11.7. The average Bonchev–Trinajstić information content (AvgIpc) is 2.50. The number of aromatic hydroxyl groups is 1. The van der Waals surface area contributed by atoms with E-state index in [1.807, 2.05) is 6.07 Å². The first-order chi connectivity index (χ1) is 10.6. The molecule has 0 saturated heterocycles. The summed E-state index contributed by atoms with van der Waals surface area (Å²) in [7, 11) is 0. The highest BCUT2D eigenvalue weighted by Crippen LogP contribution is 2.28. The van der Waals surface area contributed by atoms with Gasteiger partial charge in [0, 0.05) is 17.1 Å². The van der Waals surface area contributed by atoms with Crippen molar-refractivity contribution >= 4 is 17.4 Å². The van der Waals surface area contributed by atoms with Crippen molar-refractivity contribution in [1.29, 1.82) is 0 Å². The number of nitrogens with zero attached hydrogens (tertiary/aromatic N) is 2. The first kappa shape index (κ1) is 15.4. The van der Waals surface area contributed by atoms with Crippen molar-refractivity contribution in [3.63, 3.8) is 0 Å². The van der Waals surface area contributed by atoms with Crippen molar-refractivity contribution in [2.45, 2.75) is 6.92 Å². The fourth-order valence-electron chi connectivity index (χ4n) is 2.05. The molecule has 6 heteroatoms. The summed E-state index contributed by atoms with van der Waals surface area (Å²) >= 11 is 0. The second-order valence-electron chi connectivity index (χ2n) is 4.43. The number of fused-ring (bicyclic) bond motifs is 1. The van der Waals surface area contributed by atoms with Crippen LogP contribution in [0.3, 0.4) is 0 Å². The molecule has 0 saturated carbocycles. The summed E-state index contributed by atoms with van der Waals surface area (Å²) < 4.78 is 13.7. The lowest BCUT2D eigenvalue weighted by Gasteiger charge is -2.07. The van der Waals surface area contributed by atoms with Crippen molar-refractivity contribution in [3.05, 3.63) is 54.1 Å². The van der Waals surface area contributed by atoms with Crippen LogP contribution in [0.2, 0.25) is 0 Å². The van der Waals surface area contributed by atoms with Crippen LogP contribution in [-0.4, -0.2) is 26.7 Å². The van der Waals surface area contributed by atoms with Crippen molar-refractivity contribution in [2.75, 3.05) is 0 Å². The first-order valence-electron chi connectivity index (χ1n) is 6.36. The highest BCUT2D eigenvalue weighted by Gasteiger charge is 2.10. The molecule has 22 heavy (non-hydrogen) atoms. The van der Waals surface area contributed by atoms with E-state index in [0.29, 0.717) is 22.5 Å². The van der Waals surface area contributed by atoms with Gasteiger partial charge in [-0.1, -0.05) is 6.07 Å². The molecule has 0 unspecified atom stereocenters. The quantitative estimate of drug-likeness (QED) is 0.674. The fourth-order valence-corrected chi connectivity index (χ4v) is 2.05. The Morgan fingerprint density at radius 1 is 1.23 bits per heavy atom. The van der Waals surface area contributed by atoms with Crippen LogP contribution < -0.4 is 0 Å². The van der Waals surface area contributed by atoms with Gasteiger partial charge in [-0.15, -0.1) is 0 Å². The number of hydrogen-bond donors (Lipinski definition) is 2. The minimum absolute atomic E-state index is 0.123. The second kappa shape index (κ2) is 6.62. The molecule has 0 atom stereocenters. The minimum atomic E-state index is -0.331. The smallest absolute Gasteiger partial charge is 0.290 e. The molecule has 0 bridgehead atoms. The van der Waals surface area contributed by atoms with Gasteiger partial charge in [-0.3, -0.25) is 9.78 Å². The predicted octanol–water partition coefficient (Wildman–Crippen LogP) is 3.15. The molecular formula is C16H13FN2O3. The van der Waals surface area contributed by atoms with Gasteiger partial charge < -0.3 is 10.2 Å². The molecule has 5 nitrogen and oxygen atoms in total. The number of hydrogen-bond acceptors (Lipinski definition) is 4. The second-order valence-corrected chi connectivity index (χ2v) is 4.43. The van der Waals surface area contributed by atoms with Gasteiger partial charge in [0.05, 0.1) is 16.9 Å². The molecule has 0 spiro atoms. The van der Waals surface area contributed by atoms with Gasteiger partial charge in [-0.25, -0.2) is 9.37 Å². The summed E-state index contributed by atoms with van der Waals surface area (Å²) in [6, 6.07) is 9.64. The van der Waals surface area contributed by atoms with Crippen molar-refractivity contribution < 1.29 is 19.4 Å². The SMILES string of the molecule is Cc1nc(-c2cc(F)cc3cccnc23)ccc1O.O=CO. The normalized spacial score (nSPS) is 9.91. The number of aromatic nitrogens is 2. The van der Waals surface area contributed by atoms with Gasteiger partial charge in [-0.05, 0) is 37.3 Å². The maximum absolute atomic E-state index is 13.7.